The molecule has 0 radical (unpaired) electrons. The van der Waals surface area contributed by atoms with Gasteiger partial charge in [0.1, 0.15) is 5.75 Å². The summed E-state index contributed by atoms with van der Waals surface area (Å²) in [6.45, 7) is 3.46. The van der Waals surface area contributed by atoms with E-state index in [2.05, 4.69) is 30.5 Å². The zero-order valence-electron chi connectivity index (χ0n) is 19.9. The van der Waals surface area contributed by atoms with Crippen molar-refractivity contribution in [3.63, 3.8) is 0 Å². The molecule has 0 aliphatic carbocycles. The number of hydrogen-bond acceptors (Lipinski definition) is 4. The predicted molar refractivity (Wildman–Crippen MR) is 136 cm³/mol. The van der Waals surface area contributed by atoms with Crippen molar-refractivity contribution in [2.24, 2.45) is 0 Å². The third kappa shape index (κ3) is 5.50. The molecule has 0 saturated heterocycles. The summed E-state index contributed by atoms with van der Waals surface area (Å²) in [6, 6.07) is 19.8. The van der Waals surface area contributed by atoms with E-state index >= 15 is 0 Å². The third-order valence-electron chi connectivity index (χ3n) is 6.38. The zero-order chi connectivity index (χ0) is 23.9. The minimum absolute atomic E-state index is 0.00453. The molecule has 0 bridgehead atoms. The molecule has 178 valence electrons. The highest BCUT2D eigenvalue weighted by molar-refractivity contribution is 7.10. The molecule has 0 saturated carbocycles. The maximum atomic E-state index is 13.6. The third-order valence-corrected chi connectivity index (χ3v) is 7.37. The fourth-order valence-corrected chi connectivity index (χ4v) is 5.41. The van der Waals surface area contributed by atoms with Gasteiger partial charge in [0, 0.05) is 18.0 Å². The zero-order valence-corrected chi connectivity index (χ0v) is 20.7. The van der Waals surface area contributed by atoms with Crippen molar-refractivity contribution >= 4 is 23.2 Å². The number of carbonyl (C=O) groups excluding carboxylic acids is 2. The molecule has 2 aromatic carbocycles. The van der Waals surface area contributed by atoms with Crippen LogP contribution < -0.4 is 4.74 Å². The van der Waals surface area contributed by atoms with E-state index in [1.807, 2.05) is 47.4 Å². The van der Waals surface area contributed by atoms with E-state index in [-0.39, 0.29) is 30.8 Å². The average molecular weight is 477 g/mol. The van der Waals surface area contributed by atoms with Crippen molar-refractivity contribution < 1.29 is 14.3 Å². The number of hydrogen-bond donors (Lipinski definition) is 0. The predicted octanol–water partition coefficient (Wildman–Crippen LogP) is 5.10. The number of unbranched alkanes of at least 4 members (excludes halogenated alkanes) is 1. The van der Waals surface area contributed by atoms with Gasteiger partial charge in [0.25, 0.3) is 0 Å². The van der Waals surface area contributed by atoms with Crippen molar-refractivity contribution in [1.82, 2.24) is 9.80 Å². The molecule has 4 rings (SSSR count). The minimum atomic E-state index is -0.103. The van der Waals surface area contributed by atoms with Gasteiger partial charge >= 0.3 is 0 Å². The number of carbonyl (C=O) groups is 2. The van der Waals surface area contributed by atoms with Gasteiger partial charge in [-0.25, -0.2) is 0 Å². The van der Waals surface area contributed by atoms with Crippen LogP contribution in [0, 0.1) is 0 Å². The van der Waals surface area contributed by atoms with Crippen molar-refractivity contribution in [3.05, 3.63) is 87.6 Å². The van der Waals surface area contributed by atoms with Crippen LogP contribution in [0.25, 0.3) is 0 Å². The van der Waals surface area contributed by atoms with Crippen LogP contribution in [0.1, 0.15) is 47.4 Å². The number of ether oxygens (including phenoxy) is 1. The van der Waals surface area contributed by atoms with Gasteiger partial charge in [0.15, 0.2) is 0 Å². The van der Waals surface area contributed by atoms with Crippen LogP contribution in [0.15, 0.2) is 66.0 Å². The Bertz CT molecular complexity index is 1090. The highest BCUT2D eigenvalue weighted by atomic mass is 32.1. The molecule has 0 fully saturated rings. The number of nitrogens with zero attached hydrogens (tertiary/aromatic N) is 2. The fourth-order valence-electron chi connectivity index (χ4n) is 4.50. The lowest BCUT2D eigenvalue weighted by atomic mass is 9.93. The largest absolute Gasteiger partial charge is 0.497 e. The van der Waals surface area contributed by atoms with E-state index in [9.17, 15) is 9.59 Å². The molecule has 1 atom stereocenters. The van der Waals surface area contributed by atoms with Crippen LogP contribution >= 0.6 is 11.3 Å². The second-order valence-corrected chi connectivity index (χ2v) is 9.64. The average Bonchev–Trinajstić information content (AvgIpc) is 3.35. The van der Waals surface area contributed by atoms with Gasteiger partial charge in [0.2, 0.25) is 11.8 Å². The van der Waals surface area contributed by atoms with Crippen LogP contribution in [0.3, 0.4) is 0 Å². The van der Waals surface area contributed by atoms with Crippen molar-refractivity contribution in [2.75, 3.05) is 26.7 Å². The van der Waals surface area contributed by atoms with E-state index in [1.165, 1.54) is 10.4 Å². The van der Waals surface area contributed by atoms with Crippen molar-refractivity contribution in [3.8, 4) is 5.75 Å². The Balaban J connectivity index is 1.52. The van der Waals surface area contributed by atoms with Gasteiger partial charge in [0.05, 0.1) is 26.1 Å². The van der Waals surface area contributed by atoms with Gasteiger partial charge in [-0.15, -0.1) is 11.3 Å². The molecule has 0 spiro atoms. The monoisotopic (exact) mass is 476 g/mol. The van der Waals surface area contributed by atoms with Gasteiger partial charge in [-0.2, -0.15) is 0 Å². The molecule has 6 heteroatoms. The standard InChI is InChI=1S/C28H32N2O3S/c1-3-4-16-29(26(31)19-21-10-12-23(33-2)13-11-21)20-27(32)30-17-14-25-24(15-18-34-25)28(30)22-8-6-5-7-9-22/h5-13,15,18,28H,3-4,14,16-17,19-20H2,1-2H3. The number of thiophene rings is 1. The lowest BCUT2D eigenvalue weighted by Crippen LogP contribution is -2.47. The fraction of sp³-hybridized carbons (Fsp3) is 0.357. The molecule has 2 amide bonds. The second-order valence-electron chi connectivity index (χ2n) is 8.64. The maximum Gasteiger partial charge on any atom is 0.242 e. The SMILES string of the molecule is CCCCN(CC(=O)N1CCc2sccc2C1c1ccccc1)C(=O)Cc1ccc(OC)cc1. The van der Waals surface area contributed by atoms with E-state index in [0.717, 1.165) is 36.1 Å². The van der Waals surface area contributed by atoms with E-state index in [4.69, 9.17) is 4.74 Å². The molecule has 0 N–H and O–H groups in total. The van der Waals surface area contributed by atoms with Gasteiger partial charge in [-0.1, -0.05) is 55.8 Å². The summed E-state index contributed by atoms with van der Waals surface area (Å²) in [5, 5.41) is 2.11. The first kappa shape index (κ1) is 24.0. The Morgan fingerprint density at radius 3 is 2.56 bits per heavy atom. The maximum absolute atomic E-state index is 13.6. The molecular weight excluding hydrogens is 444 g/mol. The Morgan fingerprint density at radius 1 is 1.09 bits per heavy atom. The first-order chi connectivity index (χ1) is 16.6. The highest BCUT2D eigenvalue weighted by Gasteiger charge is 2.33. The molecule has 3 aromatic rings. The Hall–Kier alpha value is -3.12. The van der Waals surface area contributed by atoms with Crippen molar-refractivity contribution in [1.29, 1.82) is 0 Å². The number of rotatable bonds is 9. The summed E-state index contributed by atoms with van der Waals surface area (Å²) in [7, 11) is 1.63. The topological polar surface area (TPSA) is 49.9 Å². The van der Waals surface area contributed by atoms with Crippen LogP contribution in [-0.2, 0) is 22.4 Å². The lowest BCUT2D eigenvalue weighted by Gasteiger charge is -2.37. The number of fused-ring (bicyclic) bond motifs is 1. The molecule has 1 unspecified atom stereocenters. The Kier molecular flexibility index (Phi) is 8.01. The van der Waals surface area contributed by atoms with Gasteiger partial charge in [-0.3, -0.25) is 9.59 Å². The smallest absolute Gasteiger partial charge is 0.242 e. The van der Waals surface area contributed by atoms with E-state index in [0.29, 0.717) is 13.1 Å². The summed E-state index contributed by atoms with van der Waals surface area (Å²) in [6.07, 6.45) is 2.97. The number of methoxy groups -OCH3 is 1. The van der Waals surface area contributed by atoms with Crippen LogP contribution in [0.4, 0.5) is 0 Å². The lowest BCUT2D eigenvalue weighted by molar-refractivity contribution is -0.141. The molecule has 1 aliphatic heterocycles. The molecule has 1 aromatic heterocycles. The normalized spacial score (nSPS) is 15.0. The Morgan fingerprint density at radius 2 is 1.85 bits per heavy atom. The molecule has 34 heavy (non-hydrogen) atoms. The second kappa shape index (κ2) is 11.3. The molecule has 2 heterocycles. The van der Waals surface area contributed by atoms with E-state index in [1.54, 1.807) is 23.3 Å². The van der Waals surface area contributed by atoms with Crippen LogP contribution in [0.2, 0.25) is 0 Å². The summed E-state index contributed by atoms with van der Waals surface area (Å²) in [5.74, 6) is 0.750. The first-order valence-electron chi connectivity index (χ1n) is 11.9. The summed E-state index contributed by atoms with van der Waals surface area (Å²) in [4.78, 5) is 31.9. The van der Waals surface area contributed by atoms with Gasteiger partial charge < -0.3 is 14.5 Å². The summed E-state index contributed by atoms with van der Waals surface area (Å²) in [5.41, 5.74) is 3.24. The molecular formula is C28H32N2O3S. The van der Waals surface area contributed by atoms with E-state index < -0.39 is 0 Å². The van der Waals surface area contributed by atoms with Crippen LogP contribution in [-0.4, -0.2) is 48.4 Å². The molecule has 1 aliphatic rings. The first-order valence-corrected chi connectivity index (χ1v) is 12.8. The molecule has 5 nitrogen and oxygen atoms in total. The number of amides is 2. The van der Waals surface area contributed by atoms with Crippen molar-refractivity contribution in [2.45, 2.75) is 38.6 Å². The minimum Gasteiger partial charge on any atom is -0.497 e. The summed E-state index contributed by atoms with van der Waals surface area (Å²) < 4.78 is 5.22. The quantitative estimate of drug-likeness (QED) is 0.432. The highest BCUT2D eigenvalue weighted by Crippen LogP contribution is 2.37. The summed E-state index contributed by atoms with van der Waals surface area (Å²) >= 11 is 1.76. The van der Waals surface area contributed by atoms with Gasteiger partial charge in [-0.05, 0) is 53.1 Å². The number of benzene rings is 2. The van der Waals surface area contributed by atoms with Crippen LogP contribution in [0.5, 0.6) is 5.75 Å². The Labute approximate surface area is 206 Å².